The molecule has 132 valence electrons. The van der Waals surface area contributed by atoms with Gasteiger partial charge in [0.2, 0.25) is 0 Å². The molecule has 1 amide bonds. The fourth-order valence-electron chi connectivity index (χ4n) is 2.31. The summed E-state index contributed by atoms with van der Waals surface area (Å²) in [4.78, 5) is 12.2. The molecule has 0 aliphatic heterocycles. The predicted octanol–water partition coefficient (Wildman–Crippen LogP) is 4.54. The summed E-state index contributed by atoms with van der Waals surface area (Å²) >= 11 is 11.3. The number of amides is 1. The van der Waals surface area contributed by atoms with Crippen LogP contribution in [0.25, 0.3) is 11.3 Å². The molecule has 0 unspecified atom stereocenters. The lowest BCUT2D eigenvalue weighted by Crippen LogP contribution is -2.43. The number of anilines is 1. The Kier molecular flexibility index (Phi) is 5.55. The topological polar surface area (TPSA) is 66.3 Å². The van der Waals surface area contributed by atoms with E-state index in [1.807, 2.05) is 49.4 Å². The second kappa shape index (κ2) is 8.03. The molecule has 1 aromatic heterocycles. The maximum Gasteiger partial charge on any atom is 0.305 e. The molecule has 0 fully saturated rings. The molecule has 0 spiro atoms. The normalized spacial score (nSPS) is 10.2. The number of furan rings is 1. The van der Waals surface area contributed by atoms with Crippen LogP contribution in [0.15, 0.2) is 65.1 Å². The van der Waals surface area contributed by atoms with Gasteiger partial charge in [0.05, 0.1) is 5.02 Å². The Bertz CT molecular complexity index is 955. The van der Waals surface area contributed by atoms with Crippen molar-refractivity contribution in [1.29, 1.82) is 0 Å². The molecule has 0 aliphatic carbocycles. The smallest absolute Gasteiger partial charge is 0.305 e. The van der Waals surface area contributed by atoms with Crippen molar-refractivity contribution in [2.75, 3.05) is 5.32 Å². The summed E-state index contributed by atoms with van der Waals surface area (Å²) < 4.78 is 5.58. The number of benzene rings is 2. The van der Waals surface area contributed by atoms with E-state index in [4.69, 9.17) is 28.2 Å². The van der Waals surface area contributed by atoms with Crippen molar-refractivity contribution in [3.05, 3.63) is 77.0 Å². The number of carbonyl (C=O) groups is 1. The molecule has 3 aromatic rings. The van der Waals surface area contributed by atoms with E-state index in [0.717, 1.165) is 16.8 Å². The molecular weight excluding hydrogens is 370 g/mol. The van der Waals surface area contributed by atoms with Crippen molar-refractivity contribution in [3.8, 4) is 11.3 Å². The maximum absolute atomic E-state index is 12.2. The number of nitrogens with one attached hydrogen (secondary N) is 3. The van der Waals surface area contributed by atoms with E-state index >= 15 is 0 Å². The van der Waals surface area contributed by atoms with Gasteiger partial charge >= 0.3 is 5.91 Å². The number of thiocarbonyl (C=S) groups is 1. The average molecular weight is 386 g/mol. The Hall–Kier alpha value is -2.83. The first kappa shape index (κ1) is 18.0. The quantitative estimate of drug-likeness (QED) is 0.456. The minimum absolute atomic E-state index is 0.145. The number of para-hydroxylation sites is 1. The number of halogens is 1. The molecule has 3 rings (SSSR count). The van der Waals surface area contributed by atoms with Gasteiger partial charge in [0.25, 0.3) is 0 Å². The summed E-state index contributed by atoms with van der Waals surface area (Å²) in [6, 6.07) is 18.2. The summed E-state index contributed by atoms with van der Waals surface area (Å²) in [6.07, 6.45) is 0. The Morgan fingerprint density at radius 2 is 1.73 bits per heavy atom. The Labute approximate surface area is 161 Å². The molecule has 0 saturated carbocycles. The van der Waals surface area contributed by atoms with Gasteiger partial charge in [-0.25, -0.2) is 0 Å². The highest BCUT2D eigenvalue weighted by molar-refractivity contribution is 7.80. The monoisotopic (exact) mass is 385 g/mol. The molecule has 0 radical (unpaired) electrons. The maximum atomic E-state index is 12.2. The Morgan fingerprint density at radius 1 is 1.00 bits per heavy atom. The second-order valence-electron chi connectivity index (χ2n) is 5.49. The number of carbonyl (C=O) groups excluding carboxylic acids is 1. The van der Waals surface area contributed by atoms with Crippen LogP contribution in [0.4, 0.5) is 5.69 Å². The van der Waals surface area contributed by atoms with Crippen molar-refractivity contribution in [1.82, 2.24) is 10.9 Å². The molecule has 3 N–H and O–H groups in total. The summed E-state index contributed by atoms with van der Waals surface area (Å²) in [7, 11) is 0. The molecule has 0 saturated heterocycles. The van der Waals surface area contributed by atoms with E-state index in [-0.39, 0.29) is 10.9 Å². The van der Waals surface area contributed by atoms with Gasteiger partial charge in [0.15, 0.2) is 10.9 Å². The van der Waals surface area contributed by atoms with E-state index in [1.54, 1.807) is 18.2 Å². The highest BCUT2D eigenvalue weighted by atomic mass is 35.5. The third kappa shape index (κ3) is 4.22. The lowest BCUT2D eigenvalue weighted by Gasteiger charge is -2.12. The van der Waals surface area contributed by atoms with Crippen molar-refractivity contribution >= 4 is 40.5 Å². The largest absolute Gasteiger partial charge is 0.451 e. The molecule has 2 aromatic carbocycles. The number of aryl methyl sites for hydroxylation is 1. The van der Waals surface area contributed by atoms with E-state index in [2.05, 4.69) is 16.2 Å². The Balaban J connectivity index is 1.60. The van der Waals surface area contributed by atoms with E-state index in [9.17, 15) is 4.79 Å². The average Bonchev–Trinajstić information content (AvgIpc) is 3.12. The standard InChI is InChI=1S/C19H16ClN3O2S/c1-12-6-2-5-9-15(12)21-19(26)23-22-18(24)17-11-10-16(25-17)13-7-3-4-8-14(13)20/h2-11H,1H3,(H,22,24)(H2,21,23,26). The van der Waals surface area contributed by atoms with Gasteiger partial charge in [-0.1, -0.05) is 41.9 Å². The fourth-order valence-corrected chi connectivity index (χ4v) is 2.70. The van der Waals surface area contributed by atoms with Crippen LogP contribution < -0.4 is 16.2 Å². The third-order valence-electron chi connectivity index (χ3n) is 3.65. The van der Waals surface area contributed by atoms with Gasteiger partial charge in [0.1, 0.15) is 5.76 Å². The van der Waals surface area contributed by atoms with Crippen LogP contribution in [-0.4, -0.2) is 11.0 Å². The molecule has 1 heterocycles. The SMILES string of the molecule is Cc1ccccc1NC(=S)NNC(=O)c1ccc(-c2ccccc2Cl)o1. The Morgan fingerprint density at radius 3 is 2.50 bits per heavy atom. The zero-order chi connectivity index (χ0) is 18.5. The number of rotatable bonds is 3. The predicted molar refractivity (Wildman–Crippen MR) is 107 cm³/mol. The van der Waals surface area contributed by atoms with Crippen LogP contribution in [0.3, 0.4) is 0 Å². The summed E-state index contributed by atoms with van der Waals surface area (Å²) in [5.41, 5.74) is 7.77. The lowest BCUT2D eigenvalue weighted by atomic mass is 10.2. The molecule has 5 nitrogen and oxygen atoms in total. The highest BCUT2D eigenvalue weighted by Crippen LogP contribution is 2.28. The summed E-state index contributed by atoms with van der Waals surface area (Å²) in [5, 5.41) is 3.83. The van der Waals surface area contributed by atoms with Crippen molar-refractivity contribution < 1.29 is 9.21 Å². The molecule has 0 aliphatic rings. The zero-order valence-corrected chi connectivity index (χ0v) is 15.4. The fraction of sp³-hybridized carbons (Fsp3) is 0.0526. The minimum atomic E-state index is -0.447. The molecule has 26 heavy (non-hydrogen) atoms. The summed E-state index contributed by atoms with van der Waals surface area (Å²) in [5.74, 6) is 0.213. The molecular formula is C19H16ClN3O2S. The molecule has 0 atom stereocenters. The van der Waals surface area contributed by atoms with E-state index < -0.39 is 5.91 Å². The van der Waals surface area contributed by atoms with Gasteiger partial charge in [-0.15, -0.1) is 0 Å². The lowest BCUT2D eigenvalue weighted by molar-refractivity contribution is 0.0917. The number of hydrogen-bond acceptors (Lipinski definition) is 3. The van der Waals surface area contributed by atoms with Gasteiger partial charge in [0, 0.05) is 11.3 Å². The first-order chi connectivity index (χ1) is 12.5. The number of hydrogen-bond donors (Lipinski definition) is 3. The van der Waals surface area contributed by atoms with Gasteiger partial charge < -0.3 is 9.73 Å². The zero-order valence-electron chi connectivity index (χ0n) is 13.9. The first-order valence-electron chi connectivity index (χ1n) is 7.82. The first-order valence-corrected chi connectivity index (χ1v) is 8.61. The molecule has 0 bridgehead atoms. The van der Waals surface area contributed by atoms with Crippen LogP contribution >= 0.6 is 23.8 Å². The third-order valence-corrected chi connectivity index (χ3v) is 4.19. The second-order valence-corrected chi connectivity index (χ2v) is 6.31. The van der Waals surface area contributed by atoms with Crippen LogP contribution in [0.5, 0.6) is 0 Å². The highest BCUT2D eigenvalue weighted by Gasteiger charge is 2.14. The van der Waals surface area contributed by atoms with Gasteiger partial charge in [-0.2, -0.15) is 0 Å². The van der Waals surface area contributed by atoms with E-state index in [0.29, 0.717) is 10.8 Å². The van der Waals surface area contributed by atoms with E-state index in [1.165, 1.54) is 0 Å². The molecule has 7 heteroatoms. The van der Waals surface area contributed by atoms with Gasteiger partial charge in [-0.05, 0) is 55.0 Å². The summed E-state index contributed by atoms with van der Waals surface area (Å²) in [6.45, 7) is 1.96. The van der Waals surface area contributed by atoms with Crippen LogP contribution in [-0.2, 0) is 0 Å². The van der Waals surface area contributed by atoms with Crippen LogP contribution in [0.2, 0.25) is 5.02 Å². The van der Waals surface area contributed by atoms with Crippen molar-refractivity contribution in [2.45, 2.75) is 6.92 Å². The van der Waals surface area contributed by atoms with Gasteiger partial charge in [-0.3, -0.25) is 15.6 Å². The van der Waals surface area contributed by atoms with Crippen LogP contribution in [0, 0.1) is 6.92 Å². The van der Waals surface area contributed by atoms with Crippen molar-refractivity contribution in [2.24, 2.45) is 0 Å². The van der Waals surface area contributed by atoms with Crippen LogP contribution in [0.1, 0.15) is 16.1 Å². The minimum Gasteiger partial charge on any atom is -0.451 e. The number of hydrazine groups is 1. The van der Waals surface area contributed by atoms with Crippen molar-refractivity contribution in [3.63, 3.8) is 0 Å².